The maximum absolute atomic E-state index is 14.3. The average molecular weight is 685 g/mol. The molecule has 11 nitrogen and oxygen atoms in total. The van der Waals surface area contributed by atoms with Crippen molar-refractivity contribution in [2.45, 2.75) is 63.2 Å². The van der Waals surface area contributed by atoms with Crippen molar-refractivity contribution in [2.24, 2.45) is 5.92 Å². The zero-order chi connectivity index (χ0) is 34.8. The quantitative estimate of drug-likeness (QED) is 0.282. The Kier molecular flexibility index (Phi) is 12.9. The number of hydrogen-bond acceptors (Lipinski definition) is 7. The van der Waals surface area contributed by atoms with E-state index in [2.05, 4.69) is 10.6 Å². The summed E-state index contributed by atoms with van der Waals surface area (Å²) in [5, 5.41) is 15.5. The SMILES string of the molecule is C[C@@H]1CN([C@@H](C)CO)C(=O)c2cc(NC(=O)Nc3ccc(F)cc3)ccc2O[C@@H](C)CCCCO[C@H]1CN(C)S(=O)(=O)c1ccccc1. The number of amides is 3. The van der Waals surface area contributed by atoms with Gasteiger partial charge in [0.25, 0.3) is 5.91 Å². The summed E-state index contributed by atoms with van der Waals surface area (Å²) in [6.45, 7) is 5.79. The van der Waals surface area contributed by atoms with Gasteiger partial charge in [-0.2, -0.15) is 4.31 Å². The summed E-state index contributed by atoms with van der Waals surface area (Å²) in [5.41, 5.74) is 0.890. The highest BCUT2D eigenvalue weighted by atomic mass is 32.2. The molecule has 13 heteroatoms. The molecule has 1 aliphatic rings. The standard InChI is InChI=1S/C35H45FN4O7S/c1-24-21-40(25(2)23-41)34(42)31-20-29(38-35(43)37-28-15-13-27(36)14-16-28)17-18-32(31)47-26(3)10-8-9-19-46-33(24)22-39(4)48(44,45)30-11-6-5-7-12-30/h5-7,11-18,20,24-26,33,41H,8-10,19,21-23H2,1-4H3,(H2,37,38,43)/t24-,25+,26+,33+/m1/s1. The third-order valence-corrected chi connectivity index (χ3v) is 10.1. The van der Waals surface area contributed by atoms with Crippen LogP contribution in [0, 0.1) is 11.7 Å². The van der Waals surface area contributed by atoms with Gasteiger partial charge in [0.2, 0.25) is 10.0 Å². The van der Waals surface area contributed by atoms with Crippen molar-refractivity contribution in [3.63, 3.8) is 0 Å². The number of nitrogens with one attached hydrogen (secondary N) is 2. The molecule has 3 N–H and O–H groups in total. The lowest BCUT2D eigenvalue weighted by Gasteiger charge is -2.35. The van der Waals surface area contributed by atoms with Gasteiger partial charge in [-0.3, -0.25) is 4.79 Å². The third kappa shape index (κ3) is 9.75. The second kappa shape index (κ2) is 16.9. The number of aliphatic hydroxyl groups is 1. The van der Waals surface area contributed by atoms with Gasteiger partial charge in [-0.15, -0.1) is 0 Å². The van der Waals surface area contributed by atoms with Crippen molar-refractivity contribution in [1.82, 2.24) is 9.21 Å². The predicted molar refractivity (Wildman–Crippen MR) is 182 cm³/mol. The van der Waals surface area contributed by atoms with Crippen LogP contribution in [0.25, 0.3) is 0 Å². The molecule has 0 saturated carbocycles. The smallest absolute Gasteiger partial charge is 0.323 e. The van der Waals surface area contributed by atoms with Gasteiger partial charge in [0.1, 0.15) is 11.6 Å². The molecule has 0 saturated heterocycles. The highest BCUT2D eigenvalue weighted by Crippen LogP contribution is 2.29. The molecule has 3 aromatic rings. The number of benzene rings is 3. The van der Waals surface area contributed by atoms with Crippen molar-refractivity contribution in [1.29, 1.82) is 0 Å². The molecule has 0 fully saturated rings. The number of carbonyl (C=O) groups excluding carboxylic acids is 2. The number of fused-ring (bicyclic) bond motifs is 1. The maximum Gasteiger partial charge on any atom is 0.323 e. The van der Waals surface area contributed by atoms with Crippen molar-refractivity contribution >= 4 is 33.3 Å². The van der Waals surface area contributed by atoms with Crippen LogP contribution in [0.2, 0.25) is 0 Å². The van der Waals surface area contributed by atoms with Crippen molar-refractivity contribution in [3.05, 3.63) is 84.2 Å². The summed E-state index contributed by atoms with van der Waals surface area (Å²) in [5.74, 6) is -0.879. The maximum atomic E-state index is 14.3. The summed E-state index contributed by atoms with van der Waals surface area (Å²) in [6.07, 6.45) is 1.37. The van der Waals surface area contributed by atoms with Crippen molar-refractivity contribution in [3.8, 4) is 5.75 Å². The molecule has 0 unspecified atom stereocenters. The van der Waals surface area contributed by atoms with Gasteiger partial charge in [0, 0.05) is 44.0 Å². The average Bonchev–Trinajstić information content (AvgIpc) is 3.07. The Bertz CT molecular complexity index is 1630. The molecule has 260 valence electrons. The van der Waals surface area contributed by atoms with Gasteiger partial charge < -0.3 is 30.1 Å². The van der Waals surface area contributed by atoms with E-state index >= 15 is 0 Å². The van der Waals surface area contributed by atoms with Gasteiger partial charge in [-0.1, -0.05) is 25.1 Å². The third-order valence-electron chi connectivity index (χ3n) is 8.30. The fraction of sp³-hybridized carbons (Fsp3) is 0.429. The summed E-state index contributed by atoms with van der Waals surface area (Å²) >= 11 is 0. The molecule has 0 bridgehead atoms. The number of rotatable bonds is 8. The minimum atomic E-state index is -3.79. The summed E-state index contributed by atoms with van der Waals surface area (Å²) in [4.78, 5) is 28.8. The van der Waals surface area contributed by atoms with Crippen LogP contribution >= 0.6 is 0 Å². The lowest BCUT2D eigenvalue weighted by atomic mass is 10.0. The molecule has 3 amide bonds. The Balaban J connectivity index is 1.62. The Morgan fingerprint density at radius 3 is 2.40 bits per heavy atom. The molecule has 4 atom stereocenters. The molecule has 0 aliphatic carbocycles. The summed E-state index contributed by atoms with van der Waals surface area (Å²) in [7, 11) is -2.28. The molecule has 3 aromatic carbocycles. The van der Waals surface area contributed by atoms with Gasteiger partial charge in [0.15, 0.2) is 0 Å². The van der Waals surface area contributed by atoms with E-state index in [0.717, 1.165) is 12.8 Å². The first-order valence-corrected chi connectivity index (χ1v) is 17.5. The van der Waals surface area contributed by atoms with Gasteiger partial charge in [-0.05, 0) is 87.7 Å². The topological polar surface area (TPSA) is 138 Å². The molecule has 1 aliphatic heterocycles. The van der Waals surface area contributed by atoms with Crippen LogP contribution in [0.3, 0.4) is 0 Å². The summed E-state index contributed by atoms with van der Waals surface area (Å²) in [6, 6.07) is 17.1. The first-order valence-electron chi connectivity index (χ1n) is 16.1. The molecule has 48 heavy (non-hydrogen) atoms. The van der Waals surface area contributed by atoms with Crippen LogP contribution in [-0.2, 0) is 14.8 Å². The minimum Gasteiger partial charge on any atom is -0.490 e. The van der Waals surface area contributed by atoms with Crippen LogP contribution in [0.5, 0.6) is 5.75 Å². The molecule has 1 heterocycles. The van der Waals surface area contributed by atoms with Crippen LogP contribution in [0.1, 0.15) is 50.4 Å². The van der Waals surface area contributed by atoms with Crippen LogP contribution in [-0.4, -0.2) is 86.3 Å². The Hall–Kier alpha value is -4.04. The Morgan fingerprint density at radius 1 is 1.04 bits per heavy atom. The summed E-state index contributed by atoms with van der Waals surface area (Å²) < 4.78 is 53.8. The number of hydrogen-bond donors (Lipinski definition) is 3. The number of halogens is 1. The van der Waals surface area contributed by atoms with E-state index < -0.39 is 39.9 Å². The first-order chi connectivity index (χ1) is 22.9. The number of nitrogens with zero attached hydrogens (tertiary/aromatic N) is 2. The minimum absolute atomic E-state index is 0.0568. The molecule has 4 rings (SSSR count). The molecule has 0 spiro atoms. The number of likely N-dealkylation sites (N-methyl/N-ethyl adjacent to an activating group) is 1. The van der Waals surface area contributed by atoms with Crippen molar-refractivity contribution < 1.29 is 37.0 Å². The number of carbonyl (C=O) groups is 2. The van der Waals surface area contributed by atoms with E-state index in [1.165, 1.54) is 46.6 Å². The monoisotopic (exact) mass is 684 g/mol. The lowest BCUT2D eigenvalue weighted by molar-refractivity contribution is -0.00833. The van der Waals surface area contributed by atoms with E-state index in [9.17, 15) is 27.5 Å². The van der Waals surface area contributed by atoms with Gasteiger partial charge in [0.05, 0.1) is 35.3 Å². The van der Waals surface area contributed by atoms with E-state index in [1.54, 1.807) is 49.4 Å². The number of sulfonamides is 1. The molecular weight excluding hydrogens is 639 g/mol. The Morgan fingerprint density at radius 2 is 1.71 bits per heavy atom. The van der Waals surface area contributed by atoms with E-state index in [1.807, 2.05) is 13.8 Å². The number of ether oxygens (including phenoxy) is 2. The normalized spacial score (nSPS) is 20.3. The van der Waals surface area contributed by atoms with E-state index in [0.29, 0.717) is 30.2 Å². The Labute approximate surface area is 282 Å². The zero-order valence-corrected chi connectivity index (χ0v) is 28.6. The first kappa shape index (κ1) is 36.8. The van der Waals surface area contributed by atoms with Gasteiger partial charge in [-0.25, -0.2) is 17.6 Å². The number of aliphatic hydroxyl groups excluding tert-OH is 1. The van der Waals surface area contributed by atoms with Crippen LogP contribution < -0.4 is 15.4 Å². The largest absolute Gasteiger partial charge is 0.490 e. The lowest BCUT2D eigenvalue weighted by Crippen LogP contribution is -2.48. The fourth-order valence-electron chi connectivity index (χ4n) is 5.41. The van der Waals surface area contributed by atoms with E-state index in [4.69, 9.17) is 9.47 Å². The van der Waals surface area contributed by atoms with Crippen molar-refractivity contribution in [2.75, 3.05) is 44.0 Å². The molecular formula is C35H45FN4O7S. The zero-order valence-electron chi connectivity index (χ0n) is 27.8. The second-order valence-electron chi connectivity index (χ2n) is 12.2. The molecule has 0 radical (unpaired) electrons. The highest BCUT2D eigenvalue weighted by molar-refractivity contribution is 7.89. The number of urea groups is 1. The van der Waals surface area contributed by atoms with Crippen LogP contribution in [0.4, 0.5) is 20.6 Å². The molecule has 0 aromatic heterocycles. The number of anilines is 2. The van der Waals surface area contributed by atoms with E-state index in [-0.39, 0.29) is 42.2 Å². The van der Waals surface area contributed by atoms with Gasteiger partial charge >= 0.3 is 6.03 Å². The highest BCUT2D eigenvalue weighted by Gasteiger charge is 2.32. The second-order valence-corrected chi connectivity index (χ2v) is 14.2. The fourth-order valence-corrected chi connectivity index (χ4v) is 6.62. The van der Waals surface area contributed by atoms with Crippen LogP contribution in [0.15, 0.2) is 77.7 Å². The predicted octanol–water partition coefficient (Wildman–Crippen LogP) is 5.59.